The van der Waals surface area contributed by atoms with Gasteiger partial charge in [-0.15, -0.1) is 0 Å². The van der Waals surface area contributed by atoms with Crippen LogP contribution in [-0.2, 0) is 9.59 Å². The van der Waals surface area contributed by atoms with Gasteiger partial charge in [-0.2, -0.15) is 0 Å². The van der Waals surface area contributed by atoms with Gasteiger partial charge >= 0.3 is 0 Å². The van der Waals surface area contributed by atoms with Crippen LogP contribution in [0.1, 0.15) is 18.0 Å². The third kappa shape index (κ3) is 2.52. The van der Waals surface area contributed by atoms with Crippen molar-refractivity contribution in [3.63, 3.8) is 0 Å². The topological polar surface area (TPSA) is 43.9 Å². The number of nitrogens with zero attached hydrogens (tertiary/aromatic N) is 3. The predicted molar refractivity (Wildman–Crippen MR) is 103 cm³/mol. The number of carbonyl (C=O) groups is 2. The van der Waals surface area contributed by atoms with E-state index in [0.29, 0.717) is 17.3 Å². The van der Waals surface area contributed by atoms with Crippen molar-refractivity contribution in [3.8, 4) is 0 Å². The molecular weight excluding hydrogens is 404 g/mol. The van der Waals surface area contributed by atoms with E-state index in [2.05, 4.69) is 5.01 Å². The first kappa shape index (κ1) is 18.1. The van der Waals surface area contributed by atoms with Crippen molar-refractivity contribution >= 4 is 40.7 Å². The van der Waals surface area contributed by atoms with E-state index in [0.717, 1.165) is 18.5 Å². The number of hydrogen-bond acceptors (Lipinski definition) is 4. The molecular formula is C20H16Cl2FN3O2. The van der Waals surface area contributed by atoms with E-state index >= 15 is 0 Å². The number of hydrazine groups is 1. The van der Waals surface area contributed by atoms with Crippen molar-refractivity contribution < 1.29 is 14.0 Å². The van der Waals surface area contributed by atoms with E-state index in [-0.39, 0.29) is 28.7 Å². The molecule has 2 aromatic carbocycles. The number of imide groups is 1. The molecule has 5 nitrogen and oxygen atoms in total. The van der Waals surface area contributed by atoms with Crippen molar-refractivity contribution in [1.82, 2.24) is 10.0 Å². The molecule has 0 N–H and O–H groups in total. The number of fused-ring (bicyclic) bond motifs is 3. The molecule has 3 saturated heterocycles. The SMILES string of the molecule is O=C1[C@H]2[C@H](C(=O)N1c1ccc(Cl)cc1Cl)N1CCCN1[C@H]2c1ccc(F)cc1. The fourth-order valence-corrected chi connectivity index (χ4v) is 5.17. The van der Waals surface area contributed by atoms with Gasteiger partial charge in [0.1, 0.15) is 11.9 Å². The monoisotopic (exact) mass is 419 g/mol. The van der Waals surface area contributed by atoms with Crippen molar-refractivity contribution in [2.75, 3.05) is 18.0 Å². The van der Waals surface area contributed by atoms with Crippen molar-refractivity contribution in [3.05, 3.63) is 63.9 Å². The zero-order valence-corrected chi connectivity index (χ0v) is 16.2. The van der Waals surface area contributed by atoms with Crippen molar-refractivity contribution in [1.29, 1.82) is 0 Å². The minimum atomic E-state index is -0.572. The highest BCUT2D eigenvalue weighted by atomic mass is 35.5. The van der Waals surface area contributed by atoms with Gasteiger partial charge in [0.25, 0.3) is 5.91 Å². The Bertz CT molecular complexity index is 984. The van der Waals surface area contributed by atoms with Crippen LogP contribution in [0.3, 0.4) is 0 Å². The maximum absolute atomic E-state index is 13.4. The second-order valence-corrected chi connectivity index (χ2v) is 8.10. The Morgan fingerprint density at radius 3 is 2.25 bits per heavy atom. The van der Waals surface area contributed by atoms with E-state index in [1.807, 2.05) is 5.01 Å². The highest BCUT2D eigenvalue weighted by Gasteiger charge is 2.63. The number of anilines is 1. The molecule has 5 rings (SSSR count). The van der Waals surface area contributed by atoms with Gasteiger partial charge in [-0.25, -0.2) is 19.3 Å². The molecule has 0 aromatic heterocycles. The second kappa shape index (κ2) is 6.52. The summed E-state index contributed by atoms with van der Waals surface area (Å²) in [5.41, 5.74) is 1.17. The Morgan fingerprint density at radius 1 is 0.893 bits per heavy atom. The molecule has 0 bridgehead atoms. The van der Waals surface area contributed by atoms with Gasteiger partial charge in [0.05, 0.1) is 22.7 Å². The maximum Gasteiger partial charge on any atom is 0.253 e. The number of hydrogen-bond donors (Lipinski definition) is 0. The molecule has 2 aromatic rings. The van der Waals surface area contributed by atoms with Gasteiger partial charge in [0.2, 0.25) is 5.91 Å². The summed E-state index contributed by atoms with van der Waals surface area (Å²) in [6.45, 7) is 1.47. The van der Waals surface area contributed by atoms with Gasteiger partial charge in [-0.1, -0.05) is 35.3 Å². The summed E-state index contributed by atoms with van der Waals surface area (Å²) in [7, 11) is 0. The predicted octanol–water partition coefficient (Wildman–Crippen LogP) is 3.67. The molecule has 0 unspecified atom stereocenters. The average molecular weight is 420 g/mol. The number of rotatable bonds is 2. The number of halogens is 3. The van der Waals surface area contributed by atoms with Crippen LogP contribution in [-0.4, -0.2) is 41.0 Å². The highest BCUT2D eigenvalue weighted by Crippen LogP contribution is 2.49. The molecule has 3 aliphatic heterocycles. The minimum Gasteiger partial charge on any atom is -0.274 e. The third-order valence-electron chi connectivity index (χ3n) is 5.77. The van der Waals surface area contributed by atoms with E-state index in [4.69, 9.17) is 23.2 Å². The van der Waals surface area contributed by atoms with Gasteiger partial charge < -0.3 is 0 Å². The van der Waals surface area contributed by atoms with Crippen LogP contribution in [0.25, 0.3) is 0 Å². The molecule has 0 radical (unpaired) electrons. The summed E-state index contributed by atoms with van der Waals surface area (Å²) in [5, 5.41) is 4.76. The van der Waals surface area contributed by atoms with E-state index < -0.39 is 12.0 Å². The molecule has 3 fully saturated rings. The zero-order chi connectivity index (χ0) is 19.6. The van der Waals surface area contributed by atoms with Crippen LogP contribution < -0.4 is 4.90 Å². The molecule has 0 aliphatic carbocycles. The molecule has 3 atom stereocenters. The number of carbonyl (C=O) groups excluding carboxylic acids is 2. The quantitative estimate of drug-likeness (QED) is 0.696. The summed E-state index contributed by atoms with van der Waals surface area (Å²) < 4.78 is 13.4. The largest absolute Gasteiger partial charge is 0.274 e. The molecule has 0 saturated carbocycles. The highest BCUT2D eigenvalue weighted by molar-refractivity contribution is 6.38. The smallest absolute Gasteiger partial charge is 0.253 e. The lowest BCUT2D eigenvalue weighted by atomic mass is 9.90. The number of amides is 2. The molecule has 2 amide bonds. The fourth-order valence-electron chi connectivity index (χ4n) is 4.67. The Balaban J connectivity index is 1.59. The summed E-state index contributed by atoms with van der Waals surface area (Å²) in [6.07, 6.45) is 0.907. The molecule has 8 heteroatoms. The van der Waals surface area contributed by atoms with Crippen LogP contribution in [0, 0.1) is 11.7 Å². The molecule has 0 spiro atoms. The fraction of sp³-hybridized carbons (Fsp3) is 0.300. The Morgan fingerprint density at radius 2 is 1.57 bits per heavy atom. The van der Waals surface area contributed by atoms with Gasteiger partial charge in [0, 0.05) is 18.1 Å². The van der Waals surface area contributed by atoms with Gasteiger partial charge in [-0.05, 0) is 42.3 Å². The minimum absolute atomic E-state index is 0.255. The van der Waals surface area contributed by atoms with E-state index in [1.165, 1.54) is 23.1 Å². The Kier molecular flexibility index (Phi) is 4.21. The van der Waals surface area contributed by atoms with Gasteiger partial charge in [-0.3, -0.25) is 9.59 Å². The molecule has 144 valence electrons. The molecule has 28 heavy (non-hydrogen) atoms. The van der Waals surface area contributed by atoms with Crippen LogP contribution in [0.2, 0.25) is 10.0 Å². The van der Waals surface area contributed by atoms with Crippen LogP contribution in [0.4, 0.5) is 10.1 Å². The first-order chi connectivity index (χ1) is 13.5. The summed E-state index contributed by atoms with van der Waals surface area (Å²) in [5.74, 6) is -1.47. The third-order valence-corrected chi connectivity index (χ3v) is 6.31. The molecule has 3 heterocycles. The normalized spacial score (nSPS) is 27.5. The van der Waals surface area contributed by atoms with Crippen LogP contribution >= 0.6 is 23.2 Å². The average Bonchev–Trinajstić information content (AvgIpc) is 3.30. The Hall–Kier alpha value is -1.99. The van der Waals surface area contributed by atoms with Crippen molar-refractivity contribution in [2.24, 2.45) is 5.92 Å². The lowest BCUT2D eigenvalue weighted by Crippen LogP contribution is -2.44. The van der Waals surface area contributed by atoms with Crippen molar-refractivity contribution in [2.45, 2.75) is 18.5 Å². The summed E-state index contributed by atoms with van der Waals surface area (Å²) >= 11 is 12.2. The van der Waals surface area contributed by atoms with Crippen LogP contribution in [0.15, 0.2) is 42.5 Å². The second-order valence-electron chi connectivity index (χ2n) is 7.25. The number of benzene rings is 2. The maximum atomic E-state index is 13.4. The van der Waals surface area contributed by atoms with Gasteiger partial charge in [0.15, 0.2) is 0 Å². The molecule has 3 aliphatic rings. The van der Waals surface area contributed by atoms with E-state index in [9.17, 15) is 14.0 Å². The lowest BCUT2D eigenvalue weighted by molar-refractivity contribution is -0.126. The van der Waals surface area contributed by atoms with Crippen LogP contribution in [0.5, 0.6) is 0 Å². The standard InChI is InChI=1S/C20H16Cl2FN3O2/c21-12-4-7-15(14(22)10-12)26-19(27)16-17(11-2-5-13(23)6-3-11)24-8-1-9-25(24)18(16)20(26)28/h2-7,10,16-18H,1,8-9H2/t16-,17+,18-/m1/s1. The zero-order valence-electron chi connectivity index (χ0n) is 14.7. The summed E-state index contributed by atoms with van der Waals surface area (Å²) in [4.78, 5) is 27.9. The lowest BCUT2D eigenvalue weighted by Gasteiger charge is -2.30. The first-order valence-electron chi connectivity index (χ1n) is 9.09. The van der Waals surface area contributed by atoms with E-state index in [1.54, 1.807) is 24.3 Å². The first-order valence-corrected chi connectivity index (χ1v) is 9.84. The summed E-state index contributed by atoms with van der Waals surface area (Å²) in [6, 6.07) is 10.00. The Labute approximate surface area is 171 Å².